The van der Waals surface area contributed by atoms with Gasteiger partial charge in [0.25, 0.3) is 0 Å². The highest BCUT2D eigenvalue weighted by Gasteiger charge is 2.22. The molecule has 0 aliphatic carbocycles. The number of rotatable bonds is 15. The van der Waals surface area contributed by atoms with Crippen LogP contribution in [0, 0.1) is 0 Å². The van der Waals surface area contributed by atoms with E-state index in [4.69, 9.17) is 19.2 Å². The lowest BCUT2D eigenvalue weighted by Crippen LogP contribution is -2.26. The van der Waals surface area contributed by atoms with Crippen molar-refractivity contribution in [1.82, 2.24) is 0 Å². The minimum atomic E-state index is -0.832. The summed E-state index contributed by atoms with van der Waals surface area (Å²) in [7, 11) is 0. The number of unbranched alkanes of at least 4 members (excludes halogenated alkanes) is 3. The molecule has 0 aromatic heterocycles. The summed E-state index contributed by atoms with van der Waals surface area (Å²) in [6.07, 6.45) is 4.77. The molecule has 0 fully saturated rings. The standard InChI is InChI=1S/C20H38O8/c1-7-13-19(3,4)27-25-17(21)23-15-11-9-10-12-16-24-18(22)26-28-20(5,6)14-8-2/h7-16H2,1-6H3. The smallest absolute Gasteiger partial charge is 0.432 e. The van der Waals surface area contributed by atoms with Gasteiger partial charge in [-0.15, -0.1) is 0 Å². The quantitative estimate of drug-likeness (QED) is 0.144. The second-order valence-corrected chi connectivity index (χ2v) is 7.96. The summed E-state index contributed by atoms with van der Waals surface area (Å²) in [5, 5.41) is 0. The summed E-state index contributed by atoms with van der Waals surface area (Å²) >= 11 is 0. The fraction of sp³-hybridized carbons (Fsp3) is 0.900. The fourth-order valence-corrected chi connectivity index (χ4v) is 2.50. The molecule has 0 saturated carbocycles. The van der Waals surface area contributed by atoms with Crippen molar-refractivity contribution in [2.75, 3.05) is 13.2 Å². The number of hydrogen-bond acceptors (Lipinski definition) is 8. The van der Waals surface area contributed by atoms with Crippen molar-refractivity contribution in [2.45, 2.75) is 104 Å². The molecule has 0 aromatic rings. The van der Waals surface area contributed by atoms with E-state index in [1.165, 1.54) is 0 Å². The van der Waals surface area contributed by atoms with Crippen LogP contribution in [0.4, 0.5) is 9.59 Å². The topological polar surface area (TPSA) is 89.5 Å². The van der Waals surface area contributed by atoms with Gasteiger partial charge in [0.1, 0.15) is 11.2 Å². The predicted octanol–water partition coefficient (Wildman–Crippen LogP) is 5.87. The molecule has 166 valence electrons. The predicted molar refractivity (Wildman–Crippen MR) is 103 cm³/mol. The number of carbonyl (C=O) groups is 2. The molecule has 0 saturated heterocycles. The maximum atomic E-state index is 11.4. The lowest BCUT2D eigenvalue weighted by Gasteiger charge is -2.21. The third-order valence-corrected chi connectivity index (χ3v) is 3.85. The van der Waals surface area contributed by atoms with Crippen molar-refractivity contribution in [2.24, 2.45) is 0 Å². The Morgan fingerprint density at radius 1 is 0.643 bits per heavy atom. The van der Waals surface area contributed by atoms with E-state index in [0.717, 1.165) is 38.5 Å². The molecule has 0 amide bonds. The van der Waals surface area contributed by atoms with Crippen LogP contribution in [0.15, 0.2) is 0 Å². The van der Waals surface area contributed by atoms with Crippen molar-refractivity contribution < 1.29 is 38.6 Å². The van der Waals surface area contributed by atoms with Crippen molar-refractivity contribution in [3.05, 3.63) is 0 Å². The molecule has 0 heterocycles. The molecule has 0 radical (unpaired) electrons. The Hall–Kier alpha value is -1.54. The van der Waals surface area contributed by atoms with E-state index in [-0.39, 0.29) is 13.2 Å². The van der Waals surface area contributed by atoms with Gasteiger partial charge >= 0.3 is 12.3 Å². The summed E-state index contributed by atoms with van der Waals surface area (Å²) in [5.41, 5.74) is -1.04. The number of hydrogen-bond donors (Lipinski definition) is 0. The highest BCUT2D eigenvalue weighted by atomic mass is 17.2. The van der Waals surface area contributed by atoms with Crippen molar-refractivity contribution >= 4 is 12.3 Å². The molecule has 0 N–H and O–H groups in total. The first kappa shape index (κ1) is 26.5. The normalized spacial score (nSPS) is 11.8. The third kappa shape index (κ3) is 15.5. The highest BCUT2D eigenvalue weighted by Crippen LogP contribution is 2.18. The van der Waals surface area contributed by atoms with E-state index >= 15 is 0 Å². The van der Waals surface area contributed by atoms with Crippen LogP contribution in [0.5, 0.6) is 0 Å². The molecular formula is C20H38O8. The summed E-state index contributed by atoms with van der Waals surface area (Å²) in [6.45, 7) is 11.9. The molecular weight excluding hydrogens is 368 g/mol. The van der Waals surface area contributed by atoms with Crippen LogP contribution in [-0.2, 0) is 29.0 Å². The highest BCUT2D eigenvalue weighted by molar-refractivity contribution is 5.59. The maximum absolute atomic E-state index is 11.4. The zero-order valence-electron chi connectivity index (χ0n) is 18.3. The Morgan fingerprint density at radius 3 is 1.32 bits per heavy atom. The van der Waals surface area contributed by atoms with E-state index in [2.05, 4.69) is 9.78 Å². The largest absolute Gasteiger partial charge is 0.540 e. The third-order valence-electron chi connectivity index (χ3n) is 3.85. The molecule has 28 heavy (non-hydrogen) atoms. The second kappa shape index (κ2) is 14.5. The first-order valence-corrected chi connectivity index (χ1v) is 10.2. The second-order valence-electron chi connectivity index (χ2n) is 7.96. The van der Waals surface area contributed by atoms with Gasteiger partial charge in [0, 0.05) is 0 Å². The molecule has 0 aromatic carbocycles. The van der Waals surface area contributed by atoms with E-state index in [0.29, 0.717) is 12.8 Å². The van der Waals surface area contributed by atoms with Gasteiger partial charge in [0.2, 0.25) is 0 Å². The van der Waals surface area contributed by atoms with Gasteiger partial charge in [0.15, 0.2) is 0 Å². The molecule has 0 rings (SSSR count). The van der Waals surface area contributed by atoms with E-state index in [9.17, 15) is 9.59 Å². The molecule has 0 atom stereocenters. The van der Waals surface area contributed by atoms with Gasteiger partial charge in [-0.2, -0.15) is 9.78 Å². The van der Waals surface area contributed by atoms with Crippen LogP contribution >= 0.6 is 0 Å². The van der Waals surface area contributed by atoms with Gasteiger partial charge in [-0.25, -0.2) is 9.59 Å². The number of carbonyl (C=O) groups excluding carboxylic acids is 2. The van der Waals surface area contributed by atoms with E-state index < -0.39 is 23.5 Å². The van der Waals surface area contributed by atoms with Crippen LogP contribution < -0.4 is 0 Å². The Kier molecular flexibility index (Phi) is 13.7. The summed E-state index contributed by atoms with van der Waals surface area (Å²) in [6, 6.07) is 0. The van der Waals surface area contributed by atoms with Crippen molar-refractivity contribution in [3.8, 4) is 0 Å². The molecule has 8 nitrogen and oxygen atoms in total. The average Bonchev–Trinajstić information content (AvgIpc) is 2.60. The monoisotopic (exact) mass is 406 g/mol. The fourth-order valence-electron chi connectivity index (χ4n) is 2.50. The van der Waals surface area contributed by atoms with E-state index in [1.54, 1.807) is 0 Å². The lowest BCUT2D eigenvalue weighted by atomic mass is 10.0. The Bertz CT molecular complexity index is 394. The number of ether oxygens (including phenoxy) is 2. The van der Waals surface area contributed by atoms with Crippen molar-refractivity contribution in [1.29, 1.82) is 0 Å². The van der Waals surface area contributed by atoms with Crippen LogP contribution in [0.25, 0.3) is 0 Å². The lowest BCUT2D eigenvalue weighted by molar-refractivity contribution is -0.318. The zero-order chi connectivity index (χ0) is 21.5. The molecule has 0 aliphatic rings. The van der Waals surface area contributed by atoms with Gasteiger partial charge in [-0.1, -0.05) is 26.7 Å². The van der Waals surface area contributed by atoms with Crippen LogP contribution in [-0.4, -0.2) is 36.7 Å². The first-order chi connectivity index (χ1) is 13.1. The summed E-state index contributed by atoms with van der Waals surface area (Å²) < 4.78 is 9.87. The minimum absolute atomic E-state index is 0.250. The molecule has 8 heteroatoms. The zero-order valence-corrected chi connectivity index (χ0v) is 18.3. The first-order valence-electron chi connectivity index (χ1n) is 10.2. The SMILES string of the molecule is CCCC(C)(C)OOC(=O)OCCCCCCOC(=O)OOC(C)(C)CCC. The van der Waals surface area contributed by atoms with Crippen molar-refractivity contribution in [3.63, 3.8) is 0 Å². The average molecular weight is 407 g/mol. The summed E-state index contributed by atoms with van der Waals surface area (Å²) in [4.78, 5) is 42.3. The van der Waals surface area contributed by atoms with Gasteiger partial charge in [0.05, 0.1) is 13.2 Å². The molecule has 0 aliphatic heterocycles. The van der Waals surface area contributed by atoms with Crippen LogP contribution in [0.2, 0.25) is 0 Å². The van der Waals surface area contributed by atoms with Gasteiger partial charge in [-0.3, -0.25) is 9.78 Å². The van der Waals surface area contributed by atoms with E-state index in [1.807, 2.05) is 41.5 Å². The van der Waals surface area contributed by atoms with Crippen LogP contribution in [0.1, 0.15) is 92.9 Å². The molecule has 0 bridgehead atoms. The Labute approximate surface area is 169 Å². The Morgan fingerprint density at radius 2 is 1.00 bits per heavy atom. The maximum Gasteiger partial charge on any atom is 0.540 e. The van der Waals surface area contributed by atoms with Crippen LogP contribution in [0.3, 0.4) is 0 Å². The molecule has 0 spiro atoms. The summed E-state index contributed by atoms with van der Waals surface area (Å²) in [5.74, 6) is 0. The van der Waals surface area contributed by atoms with Gasteiger partial charge < -0.3 is 9.47 Å². The Balaban J connectivity index is 3.57. The molecule has 0 unspecified atom stereocenters. The minimum Gasteiger partial charge on any atom is -0.432 e. The van der Waals surface area contributed by atoms with Gasteiger partial charge in [-0.05, 0) is 66.2 Å².